The van der Waals surface area contributed by atoms with Crippen LogP contribution in [0.25, 0.3) is 11.1 Å². The molecule has 3 aromatic rings. The third-order valence-corrected chi connectivity index (χ3v) is 9.30. The highest BCUT2D eigenvalue weighted by atomic mass is 32.2. The fourth-order valence-corrected chi connectivity index (χ4v) is 6.70. The molecule has 0 bridgehead atoms. The zero-order valence-electron chi connectivity index (χ0n) is 19.9. The first-order valence-electron chi connectivity index (χ1n) is 11.9. The van der Waals surface area contributed by atoms with Crippen LogP contribution in [-0.2, 0) is 21.1 Å². The van der Waals surface area contributed by atoms with Gasteiger partial charge in [0.1, 0.15) is 10.8 Å². The molecular weight excluding hydrogens is 474 g/mol. The van der Waals surface area contributed by atoms with Gasteiger partial charge in [-0.05, 0) is 60.7 Å². The molecule has 1 heterocycles. The molecule has 3 aromatic carbocycles. The Morgan fingerprint density at radius 3 is 2.39 bits per heavy atom. The highest BCUT2D eigenvalue weighted by Crippen LogP contribution is 2.32. The van der Waals surface area contributed by atoms with Crippen LogP contribution in [0.4, 0.5) is 0 Å². The molecule has 8 heteroatoms. The van der Waals surface area contributed by atoms with Gasteiger partial charge in [-0.2, -0.15) is 5.26 Å². The van der Waals surface area contributed by atoms with E-state index in [0.29, 0.717) is 18.4 Å². The van der Waals surface area contributed by atoms with Gasteiger partial charge in [-0.3, -0.25) is 4.79 Å². The fraction of sp³-hybridized carbons (Fsp3) is 0.286. The van der Waals surface area contributed by atoms with Gasteiger partial charge >= 0.3 is 5.97 Å². The van der Waals surface area contributed by atoms with Crippen molar-refractivity contribution in [2.24, 2.45) is 0 Å². The van der Waals surface area contributed by atoms with Crippen molar-refractivity contribution >= 4 is 15.8 Å². The average Bonchev–Trinajstić information content (AvgIpc) is 2.92. The molecule has 1 aliphatic rings. The summed E-state index contributed by atoms with van der Waals surface area (Å²) in [6.07, 6.45) is 1.34. The molecule has 0 spiro atoms. The van der Waals surface area contributed by atoms with Crippen molar-refractivity contribution in [3.05, 3.63) is 90.0 Å². The van der Waals surface area contributed by atoms with Gasteiger partial charge in [0.25, 0.3) is 0 Å². The summed E-state index contributed by atoms with van der Waals surface area (Å²) in [4.78, 5) is 12.4. The molecule has 0 aliphatic carbocycles. The van der Waals surface area contributed by atoms with Crippen LogP contribution in [0.2, 0.25) is 0 Å². The van der Waals surface area contributed by atoms with Crippen LogP contribution < -0.4 is 10.6 Å². The largest absolute Gasteiger partial charge is 0.480 e. The predicted molar refractivity (Wildman–Crippen MR) is 138 cm³/mol. The molecule has 0 radical (unpaired) electrons. The van der Waals surface area contributed by atoms with E-state index in [0.717, 1.165) is 23.2 Å². The minimum atomic E-state index is -3.71. The van der Waals surface area contributed by atoms with Crippen LogP contribution in [0, 0.1) is 11.3 Å². The Kier molecular flexibility index (Phi) is 7.85. The molecule has 0 amide bonds. The van der Waals surface area contributed by atoms with E-state index in [1.54, 1.807) is 36.4 Å². The first kappa shape index (κ1) is 25.6. The number of rotatable bonds is 9. The van der Waals surface area contributed by atoms with Gasteiger partial charge in [0, 0.05) is 13.1 Å². The number of benzene rings is 3. The molecule has 7 nitrogen and oxygen atoms in total. The summed E-state index contributed by atoms with van der Waals surface area (Å²) in [5.41, 5.74) is 3.06. The standard InChI is InChI=1S/C28H29N3O4S/c29-18-23-7-4-5-10-25(23)22-13-11-21(12-14-22)17-26(27(32)33)31-20-28(15-6-16-30-19-28)36(34,35)24-8-2-1-3-9-24/h1-5,7-14,26,30-31H,6,15-17,19-20H2,(H,32,33)/t26-,28?/m0/s1. The summed E-state index contributed by atoms with van der Waals surface area (Å²) in [6.45, 7) is 1.02. The number of carbonyl (C=O) groups is 1. The number of sulfone groups is 1. The van der Waals surface area contributed by atoms with Crippen molar-refractivity contribution in [2.45, 2.75) is 34.9 Å². The molecule has 0 aromatic heterocycles. The van der Waals surface area contributed by atoms with Gasteiger partial charge in [-0.1, -0.05) is 60.7 Å². The second kappa shape index (κ2) is 11.0. The quantitative estimate of drug-likeness (QED) is 0.409. The van der Waals surface area contributed by atoms with Crippen molar-refractivity contribution in [1.82, 2.24) is 10.6 Å². The Morgan fingerprint density at radius 1 is 1.06 bits per heavy atom. The van der Waals surface area contributed by atoms with Gasteiger partial charge in [-0.25, -0.2) is 8.42 Å². The van der Waals surface area contributed by atoms with Crippen LogP contribution in [-0.4, -0.2) is 49.9 Å². The van der Waals surface area contributed by atoms with Crippen molar-refractivity contribution < 1.29 is 18.3 Å². The number of piperidine rings is 1. The molecule has 36 heavy (non-hydrogen) atoms. The highest BCUT2D eigenvalue weighted by Gasteiger charge is 2.45. The number of hydrogen-bond donors (Lipinski definition) is 3. The van der Waals surface area contributed by atoms with Crippen LogP contribution in [0.3, 0.4) is 0 Å². The summed E-state index contributed by atoms with van der Waals surface area (Å²) in [7, 11) is -3.71. The number of carboxylic acids is 1. The zero-order valence-corrected chi connectivity index (χ0v) is 20.7. The Bertz CT molecular complexity index is 1340. The number of aliphatic carboxylic acids is 1. The van der Waals surface area contributed by atoms with Crippen LogP contribution in [0.5, 0.6) is 0 Å². The van der Waals surface area contributed by atoms with E-state index in [-0.39, 0.29) is 24.4 Å². The predicted octanol–water partition coefficient (Wildman–Crippen LogP) is 3.41. The van der Waals surface area contributed by atoms with Gasteiger partial charge in [0.05, 0.1) is 16.5 Å². The molecule has 4 rings (SSSR count). The van der Waals surface area contributed by atoms with Crippen molar-refractivity contribution in [1.29, 1.82) is 5.26 Å². The minimum absolute atomic E-state index is 0.0296. The molecular formula is C28H29N3O4S. The smallest absolute Gasteiger partial charge is 0.321 e. The van der Waals surface area contributed by atoms with E-state index in [1.165, 1.54) is 0 Å². The Hall–Kier alpha value is -3.51. The van der Waals surface area contributed by atoms with Crippen molar-refractivity contribution in [3.8, 4) is 17.2 Å². The SMILES string of the molecule is N#Cc1ccccc1-c1ccc(C[C@H](NCC2(S(=O)(=O)c3ccccc3)CCCNC2)C(=O)O)cc1. The van der Waals surface area contributed by atoms with Crippen LogP contribution in [0.15, 0.2) is 83.8 Å². The second-order valence-corrected chi connectivity index (χ2v) is 11.5. The zero-order chi connectivity index (χ0) is 25.6. The summed E-state index contributed by atoms with van der Waals surface area (Å²) in [5.74, 6) is -1.04. The Labute approximate surface area is 211 Å². The lowest BCUT2D eigenvalue weighted by atomic mass is 9.96. The van der Waals surface area contributed by atoms with Gasteiger partial charge in [-0.15, -0.1) is 0 Å². The lowest BCUT2D eigenvalue weighted by Gasteiger charge is -2.38. The van der Waals surface area contributed by atoms with Gasteiger partial charge in [0.2, 0.25) is 0 Å². The van der Waals surface area contributed by atoms with Crippen molar-refractivity contribution in [2.75, 3.05) is 19.6 Å². The number of nitrogens with zero attached hydrogens (tertiary/aromatic N) is 1. The maximum absolute atomic E-state index is 13.6. The molecule has 1 fully saturated rings. The molecule has 1 saturated heterocycles. The normalized spacial score (nSPS) is 18.8. The molecule has 1 aliphatic heterocycles. The summed E-state index contributed by atoms with van der Waals surface area (Å²) >= 11 is 0. The lowest BCUT2D eigenvalue weighted by molar-refractivity contribution is -0.139. The average molecular weight is 504 g/mol. The third-order valence-electron chi connectivity index (χ3n) is 6.78. The summed E-state index contributed by atoms with van der Waals surface area (Å²) < 4.78 is 26.1. The second-order valence-electron chi connectivity index (χ2n) is 9.11. The van der Waals surface area contributed by atoms with Crippen LogP contribution in [0.1, 0.15) is 24.0 Å². The van der Waals surface area contributed by atoms with E-state index >= 15 is 0 Å². The monoisotopic (exact) mass is 503 g/mol. The summed E-state index contributed by atoms with van der Waals surface area (Å²) in [6, 6.07) is 24.3. The molecule has 3 N–H and O–H groups in total. The van der Waals surface area contributed by atoms with Crippen LogP contribution >= 0.6 is 0 Å². The summed E-state index contributed by atoms with van der Waals surface area (Å²) in [5, 5.41) is 25.5. The fourth-order valence-electron chi connectivity index (χ4n) is 4.71. The number of nitriles is 1. The lowest BCUT2D eigenvalue weighted by Crippen LogP contribution is -2.59. The van der Waals surface area contributed by atoms with E-state index in [1.807, 2.05) is 42.5 Å². The van der Waals surface area contributed by atoms with Crippen molar-refractivity contribution in [3.63, 3.8) is 0 Å². The maximum Gasteiger partial charge on any atom is 0.321 e. The van der Waals surface area contributed by atoms with Gasteiger partial charge < -0.3 is 15.7 Å². The number of hydrogen-bond acceptors (Lipinski definition) is 6. The Morgan fingerprint density at radius 2 is 1.75 bits per heavy atom. The molecule has 1 unspecified atom stereocenters. The highest BCUT2D eigenvalue weighted by molar-refractivity contribution is 7.93. The maximum atomic E-state index is 13.6. The third kappa shape index (κ3) is 5.34. The van der Waals surface area contributed by atoms with Gasteiger partial charge in [0.15, 0.2) is 9.84 Å². The van der Waals surface area contributed by atoms with E-state index in [4.69, 9.17) is 0 Å². The van der Waals surface area contributed by atoms with E-state index < -0.39 is 26.6 Å². The first-order chi connectivity index (χ1) is 17.4. The number of carboxylic acid groups (broad SMARTS) is 1. The molecule has 0 saturated carbocycles. The number of nitrogens with one attached hydrogen (secondary N) is 2. The first-order valence-corrected chi connectivity index (χ1v) is 13.4. The van der Waals surface area contributed by atoms with E-state index in [2.05, 4.69) is 16.7 Å². The molecule has 2 atom stereocenters. The molecule has 186 valence electrons. The topological polar surface area (TPSA) is 119 Å². The van der Waals surface area contributed by atoms with E-state index in [9.17, 15) is 23.6 Å². The Balaban J connectivity index is 1.52. The minimum Gasteiger partial charge on any atom is -0.480 e.